The molecule has 0 aromatic heterocycles. The summed E-state index contributed by atoms with van der Waals surface area (Å²) in [6.07, 6.45) is 14.3. The normalized spacial score (nSPS) is 28.3. The molecule has 1 saturated carbocycles. The Morgan fingerprint density at radius 2 is 1.45 bits per heavy atom. The highest BCUT2D eigenvalue weighted by Crippen LogP contribution is 2.21. The van der Waals surface area contributed by atoms with Crippen LogP contribution in [0.1, 0.15) is 84.5 Å². The first-order valence-electron chi connectivity index (χ1n) is 8.90. The zero-order chi connectivity index (χ0) is 14.6. The fourth-order valence-corrected chi connectivity index (χ4v) is 5.05. The van der Waals surface area contributed by atoms with Crippen molar-refractivity contribution in [3.8, 4) is 0 Å². The molecule has 0 heterocycles. The van der Waals surface area contributed by atoms with Crippen molar-refractivity contribution in [3.05, 3.63) is 0 Å². The van der Waals surface area contributed by atoms with E-state index in [1.807, 2.05) is 0 Å². The SMILES string of the molecule is CCCS(=O)C1CCCCCCCCCCC1NCC. The van der Waals surface area contributed by atoms with Crippen LogP contribution in [-0.2, 0) is 10.8 Å². The average molecular weight is 302 g/mol. The van der Waals surface area contributed by atoms with Crippen molar-refractivity contribution in [2.45, 2.75) is 95.8 Å². The van der Waals surface area contributed by atoms with Gasteiger partial charge in [-0.1, -0.05) is 65.2 Å². The second kappa shape index (κ2) is 11.7. The molecule has 1 rings (SSSR count). The lowest BCUT2D eigenvalue weighted by molar-refractivity contribution is 0.414. The van der Waals surface area contributed by atoms with Crippen LogP contribution < -0.4 is 5.32 Å². The summed E-state index contributed by atoms with van der Waals surface area (Å²) in [5.74, 6) is 0.882. The Morgan fingerprint density at radius 1 is 0.900 bits per heavy atom. The standard InChI is InChI=1S/C17H35NOS/c1-3-15-20(19)17-14-12-10-8-6-5-7-9-11-13-16(17)18-4-2/h16-18H,3-15H2,1-2H3. The molecule has 1 N–H and O–H groups in total. The minimum absolute atomic E-state index is 0.384. The van der Waals surface area contributed by atoms with Gasteiger partial charge >= 0.3 is 0 Å². The summed E-state index contributed by atoms with van der Waals surface area (Å²) in [6.45, 7) is 5.33. The minimum Gasteiger partial charge on any atom is -0.313 e. The predicted molar refractivity (Wildman–Crippen MR) is 90.7 cm³/mol. The fourth-order valence-electron chi connectivity index (χ4n) is 3.32. The summed E-state index contributed by atoms with van der Waals surface area (Å²) in [7, 11) is -0.643. The van der Waals surface area contributed by atoms with Gasteiger partial charge in [0.25, 0.3) is 0 Å². The zero-order valence-electron chi connectivity index (χ0n) is 13.7. The maximum absolute atomic E-state index is 12.6. The van der Waals surface area contributed by atoms with E-state index in [0.29, 0.717) is 11.3 Å². The van der Waals surface area contributed by atoms with Crippen LogP contribution in [0.2, 0.25) is 0 Å². The minimum atomic E-state index is -0.643. The van der Waals surface area contributed by atoms with E-state index in [1.165, 1.54) is 57.8 Å². The Hall–Kier alpha value is 0.110. The Labute approximate surface area is 128 Å². The van der Waals surface area contributed by atoms with Crippen molar-refractivity contribution in [3.63, 3.8) is 0 Å². The van der Waals surface area contributed by atoms with E-state index in [1.54, 1.807) is 0 Å². The van der Waals surface area contributed by atoms with Gasteiger partial charge in [-0.25, -0.2) is 0 Å². The van der Waals surface area contributed by atoms with Crippen LogP contribution in [0.5, 0.6) is 0 Å². The van der Waals surface area contributed by atoms with Gasteiger partial charge in [-0.2, -0.15) is 0 Å². The lowest BCUT2D eigenvalue weighted by atomic mass is 9.97. The van der Waals surface area contributed by atoms with Gasteiger partial charge in [0, 0.05) is 22.6 Å². The Morgan fingerprint density at radius 3 is 2.00 bits per heavy atom. The molecular formula is C17H35NOS. The molecule has 0 bridgehead atoms. The Kier molecular flexibility index (Phi) is 10.7. The molecule has 3 atom stereocenters. The highest BCUT2D eigenvalue weighted by Gasteiger charge is 2.25. The predicted octanol–water partition coefficient (Wildman–Crippen LogP) is 4.41. The van der Waals surface area contributed by atoms with Crippen molar-refractivity contribution in [2.24, 2.45) is 0 Å². The number of nitrogens with one attached hydrogen (secondary N) is 1. The molecule has 1 aliphatic rings. The molecule has 1 aliphatic carbocycles. The van der Waals surface area contributed by atoms with E-state index in [0.717, 1.165) is 25.1 Å². The van der Waals surface area contributed by atoms with Crippen molar-refractivity contribution >= 4 is 10.8 Å². The van der Waals surface area contributed by atoms with Crippen LogP contribution in [0, 0.1) is 0 Å². The van der Waals surface area contributed by atoms with Crippen LogP contribution in [0.3, 0.4) is 0 Å². The van der Waals surface area contributed by atoms with Gasteiger partial charge in [0.2, 0.25) is 0 Å². The summed E-state index contributed by atoms with van der Waals surface area (Å²) >= 11 is 0. The third kappa shape index (κ3) is 7.21. The summed E-state index contributed by atoms with van der Waals surface area (Å²) in [6, 6.07) is 0.479. The number of hydrogen-bond donors (Lipinski definition) is 1. The second-order valence-corrected chi connectivity index (χ2v) is 7.97. The van der Waals surface area contributed by atoms with E-state index in [-0.39, 0.29) is 0 Å². The van der Waals surface area contributed by atoms with Gasteiger partial charge in [0.05, 0.1) is 5.25 Å². The van der Waals surface area contributed by atoms with Gasteiger partial charge in [-0.05, 0) is 25.8 Å². The second-order valence-electron chi connectivity index (χ2n) is 6.19. The van der Waals surface area contributed by atoms with Crippen molar-refractivity contribution < 1.29 is 4.21 Å². The first-order valence-corrected chi connectivity index (χ1v) is 10.3. The Balaban J connectivity index is 2.63. The highest BCUT2D eigenvalue weighted by atomic mass is 32.2. The third-order valence-corrected chi connectivity index (χ3v) is 6.46. The molecule has 0 aliphatic heterocycles. The Bertz CT molecular complexity index is 257. The van der Waals surface area contributed by atoms with E-state index in [9.17, 15) is 4.21 Å². The topological polar surface area (TPSA) is 29.1 Å². The molecule has 0 amide bonds. The number of rotatable bonds is 5. The van der Waals surface area contributed by atoms with Crippen LogP contribution in [0.15, 0.2) is 0 Å². The molecule has 3 heteroatoms. The summed E-state index contributed by atoms with van der Waals surface area (Å²) in [4.78, 5) is 0. The van der Waals surface area contributed by atoms with Crippen LogP contribution in [-0.4, -0.2) is 27.8 Å². The van der Waals surface area contributed by atoms with E-state index < -0.39 is 10.8 Å². The molecule has 20 heavy (non-hydrogen) atoms. The molecule has 1 fully saturated rings. The van der Waals surface area contributed by atoms with Gasteiger partial charge < -0.3 is 5.32 Å². The van der Waals surface area contributed by atoms with Crippen LogP contribution >= 0.6 is 0 Å². The maximum atomic E-state index is 12.6. The van der Waals surface area contributed by atoms with Crippen molar-refractivity contribution in [2.75, 3.05) is 12.3 Å². The summed E-state index contributed by atoms with van der Waals surface area (Å²) < 4.78 is 12.6. The molecule has 0 radical (unpaired) electrons. The van der Waals surface area contributed by atoms with E-state index in [4.69, 9.17) is 0 Å². The van der Waals surface area contributed by atoms with Crippen molar-refractivity contribution in [1.29, 1.82) is 0 Å². The lowest BCUT2D eigenvalue weighted by Gasteiger charge is -2.28. The maximum Gasteiger partial charge on any atom is 0.0501 e. The quantitative estimate of drug-likeness (QED) is 0.815. The molecule has 2 nitrogen and oxygen atoms in total. The molecule has 0 aromatic rings. The zero-order valence-corrected chi connectivity index (χ0v) is 14.5. The molecule has 0 spiro atoms. The monoisotopic (exact) mass is 301 g/mol. The van der Waals surface area contributed by atoms with Crippen LogP contribution in [0.25, 0.3) is 0 Å². The average Bonchev–Trinajstić information content (AvgIpc) is 2.42. The van der Waals surface area contributed by atoms with Gasteiger partial charge in [0.1, 0.15) is 0 Å². The first-order chi connectivity index (χ1) is 9.79. The molecule has 3 unspecified atom stereocenters. The molecular weight excluding hydrogens is 266 g/mol. The van der Waals surface area contributed by atoms with Crippen LogP contribution in [0.4, 0.5) is 0 Å². The number of hydrogen-bond acceptors (Lipinski definition) is 2. The van der Waals surface area contributed by atoms with Gasteiger partial charge in [0.15, 0.2) is 0 Å². The first kappa shape index (κ1) is 18.2. The highest BCUT2D eigenvalue weighted by molar-refractivity contribution is 7.85. The molecule has 120 valence electrons. The fraction of sp³-hybridized carbons (Fsp3) is 1.00. The van der Waals surface area contributed by atoms with E-state index >= 15 is 0 Å². The molecule has 0 saturated heterocycles. The summed E-state index contributed by atoms with van der Waals surface area (Å²) in [5.41, 5.74) is 0. The summed E-state index contributed by atoms with van der Waals surface area (Å²) in [5, 5.41) is 4.02. The smallest absolute Gasteiger partial charge is 0.0501 e. The van der Waals surface area contributed by atoms with Gasteiger partial charge in [-0.3, -0.25) is 4.21 Å². The van der Waals surface area contributed by atoms with E-state index in [2.05, 4.69) is 19.2 Å². The largest absolute Gasteiger partial charge is 0.313 e. The van der Waals surface area contributed by atoms with Gasteiger partial charge in [-0.15, -0.1) is 0 Å². The third-order valence-electron chi connectivity index (χ3n) is 4.41. The lowest BCUT2D eigenvalue weighted by Crippen LogP contribution is -2.43. The molecule has 0 aromatic carbocycles. The van der Waals surface area contributed by atoms with Crippen molar-refractivity contribution in [1.82, 2.24) is 5.32 Å².